The normalized spacial score (nSPS) is 16.0. The maximum Gasteiger partial charge on any atom is 0.325 e. The Labute approximate surface area is 122 Å². The molecule has 8 heteroatoms. The third kappa shape index (κ3) is 5.80. The fraction of sp³-hybridized carbons (Fsp3) is 0.692. The molecule has 0 bridgehead atoms. The monoisotopic (exact) mass is 299 g/mol. The van der Waals surface area contributed by atoms with Gasteiger partial charge in [-0.3, -0.25) is 19.3 Å². The minimum atomic E-state index is -0.913. The fourth-order valence-corrected chi connectivity index (χ4v) is 2.23. The van der Waals surface area contributed by atoms with Gasteiger partial charge in [0.05, 0.1) is 6.54 Å². The highest BCUT2D eigenvalue weighted by Crippen LogP contribution is 2.14. The van der Waals surface area contributed by atoms with Crippen LogP contribution in [0.15, 0.2) is 0 Å². The van der Waals surface area contributed by atoms with Crippen LogP contribution in [0, 0.1) is 11.8 Å². The molecule has 0 aliphatic carbocycles. The van der Waals surface area contributed by atoms with Gasteiger partial charge in [-0.25, -0.2) is 4.79 Å². The summed E-state index contributed by atoms with van der Waals surface area (Å²) in [4.78, 5) is 46.0. The lowest BCUT2D eigenvalue weighted by Crippen LogP contribution is -2.42. The first-order valence-electron chi connectivity index (χ1n) is 6.86. The summed E-state index contributed by atoms with van der Waals surface area (Å²) in [5.74, 6) is -1.69. The number of carbonyl (C=O) groups is 4. The molecule has 1 aliphatic heterocycles. The minimum absolute atomic E-state index is 0.0262. The molecule has 1 heterocycles. The van der Waals surface area contributed by atoms with Crippen LogP contribution in [-0.4, -0.2) is 53.5 Å². The molecule has 1 fully saturated rings. The van der Waals surface area contributed by atoms with Crippen molar-refractivity contribution < 1.29 is 24.3 Å². The van der Waals surface area contributed by atoms with E-state index in [0.29, 0.717) is 12.3 Å². The van der Waals surface area contributed by atoms with Gasteiger partial charge in [-0.1, -0.05) is 13.8 Å². The average Bonchev–Trinajstić information content (AvgIpc) is 2.66. The smallest absolute Gasteiger partial charge is 0.325 e. The Morgan fingerprint density at radius 3 is 2.52 bits per heavy atom. The van der Waals surface area contributed by atoms with Crippen LogP contribution in [-0.2, 0) is 14.4 Å². The van der Waals surface area contributed by atoms with Crippen LogP contribution < -0.4 is 10.6 Å². The molecule has 3 N–H and O–H groups in total. The standard InChI is InChI=1S/C13H21N3O5/c1-8(2)3-9(4-12(19)20)5-14-10(17)7-16-11(18)6-15-13(16)21/h8-9H,3-7H2,1-2H3,(H,14,17)(H,15,21)(H,19,20). The fourth-order valence-electron chi connectivity index (χ4n) is 2.23. The third-order valence-corrected chi connectivity index (χ3v) is 3.09. The number of carbonyl (C=O) groups excluding carboxylic acids is 3. The molecule has 1 unspecified atom stereocenters. The molecular formula is C13H21N3O5. The maximum atomic E-state index is 11.7. The van der Waals surface area contributed by atoms with Crippen LogP contribution in [0.1, 0.15) is 26.7 Å². The molecule has 0 radical (unpaired) electrons. The highest BCUT2D eigenvalue weighted by Gasteiger charge is 2.30. The Morgan fingerprint density at radius 1 is 1.38 bits per heavy atom. The number of hydrogen-bond donors (Lipinski definition) is 3. The number of amides is 4. The molecule has 118 valence electrons. The van der Waals surface area contributed by atoms with E-state index in [-0.39, 0.29) is 32.0 Å². The maximum absolute atomic E-state index is 11.7. The summed E-state index contributed by atoms with van der Waals surface area (Å²) in [6.45, 7) is 3.73. The Hall–Kier alpha value is -2.12. The van der Waals surface area contributed by atoms with E-state index < -0.39 is 23.8 Å². The van der Waals surface area contributed by atoms with Gasteiger partial charge in [0, 0.05) is 13.0 Å². The number of carboxylic acids is 1. The van der Waals surface area contributed by atoms with Gasteiger partial charge in [0.1, 0.15) is 6.54 Å². The Kier molecular flexibility index (Phi) is 6.13. The van der Waals surface area contributed by atoms with Crippen LogP contribution in [0.25, 0.3) is 0 Å². The van der Waals surface area contributed by atoms with Crippen LogP contribution in [0.4, 0.5) is 4.79 Å². The second-order valence-corrected chi connectivity index (χ2v) is 5.54. The quantitative estimate of drug-likeness (QED) is 0.536. The molecule has 1 atom stereocenters. The number of aliphatic carboxylic acids is 1. The minimum Gasteiger partial charge on any atom is -0.481 e. The highest BCUT2D eigenvalue weighted by atomic mass is 16.4. The zero-order valence-corrected chi connectivity index (χ0v) is 12.2. The Morgan fingerprint density at radius 2 is 2.05 bits per heavy atom. The second kappa shape index (κ2) is 7.61. The first kappa shape index (κ1) is 16.9. The van der Waals surface area contributed by atoms with Crippen molar-refractivity contribution >= 4 is 23.8 Å². The molecule has 0 aromatic carbocycles. The summed E-state index contributed by atoms with van der Waals surface area (Å²) in [5.41, 5.74) is 0. The zero-order chi connectivity index (χ0) is 16.0. The molecule has 0 aromatic rings. The van der Waals surface area contributed by atoms with E-state index >= 15 is 0 Å². The van der Waals surface area contributed by atoms with E-state index in [2.05, 4.69) is 10.6 Å². The molecule has 0 aromatic heterocycles. The van der Waals surface area contributed by atoms with Gasteiger partial charge in [-0.15, -0.1) is 0 Å². The van der Waals surface area contributed by atoms with Crippen molar-refractivity contribution in [1.82, 2.24) is 15.5 Å². The van der Waals surface area contributed by atoms with E-state index in [4.69, 9.17) is 5.11 Å². The lowest BCUT2D eigenvalue weighted by molar-refractivity contribution is -0.138. The van der Waals surface area contributed by atoms with Crippen molar-refractivity contribution in [2.45, 2.75) is 26.7 Å². The number of urea groups is 1. The van der Waals surface area contributed by atoms with Crippen molar-refractivity contribution in [1.29, 1.82) is 0 Å². The van der Waals surface area contributed by atoms with E-state index in [1.54, 1.807) is 0 Å². The van der Waals surface area contributed by atoms with Crippen LogP contribution in [0.2, 0.25) is 0 Å². The van der Waals surface area contributed by atoms with Crippen LogP contribution >= 0.6 is 0 Å². The van der Waals surface area contributed by atoms with Crippen LogP contribution in [0.3, 0.4) is 0 Å². The molecule has 8 nitrogen and oxygen atoms in total. The molecule has 4 amide bonds. The predicted molar refractivity (Wildman–Crippen MR) is 73.3 cm³/mol. The van der Waals surface area contributed by atoms with E-state index in [9.17, 15) is 19.2 Å². The van der Waals surface area contributed by atoms with E-state index in [1.165, 1.54) is 0 Å². The molecule has 0 saturated carbocycles. The van der Waals surface area contributed by atoms with Crippen LogP contribution in [0.5, 0.6) is 0 Å². The van der Waals surface area contributed by atoms with Gasteiger partial charge in [0.2, 0.25) is 5.91 Å². The van der Waals surface area contributed by atoms with E-state index in [0.717, 1.165) is 4.90 Å². The van der Waals surface area contributed by atoms with E-state index in [1.807, 2.05) is 13.8 Å². The lowest BCUT2D eigenvalue weighted by atomic mass is 9.94. The van der Waals surface area contributed by atoms with Crippen molar-refractivity contribution in [3.8, 4) is 0 Å². The summed E-state index contributed by atoms with van der Waals surface area (Å²) < 4.78 is 0. The van der Waals surface area contributed by atoms with Gasteiger partial charge >= 0.3 is 12.0 Å². The summed E-state index contributed by atoms with van der Waals surface area (Å²) in [5, 5.41) is 13.7. The van der Waals surface area contributed by atoms with Gasteiger partial charge < -0.3 is 15.7 Å². The molecule has 21 heavy (non-hydrogen) atoms. The highest BCUT2D eigenvalue weighted by molar-refractivity contribution is 6.04. The largest absolute Gasteiger partial charge is 0.481 e. The molecular weight excluding hydrogens is 278 g/mol. The first-order chi connectivity index (χ1) is 9.79. The Bertz CT molecular complexity index is 420. The van der Waals surface area contributed by atoms with Crippen molar-refractivity contribution in [2.24, 2.45) is 11.8 Å². The van der Waals surface area contributed by atoms with Crippen molar-refractivity contribution in [3.05, 3.63) is 0 Å². The Balaban J connectivity index is 2.43. The zero-order valence-electron chi connectivity index (χ0n) is 12.2. The summed E-state index contributed by atoms with van der Waals surface area (Å²) in [6, 6.07) is -0.584. The summed E-state index contributed by atoms with van der Waals surface area (Å²) in [6.07, 6.45) is 0.650. The van der Waals surface area contributed by atoms with Crippen molar-refractivity contribution in [3.63, 3.8) is 0 Å². The molecule has 1 aliphatic rings. The number of nitrogens with zero attached hydrogens (tertiary/aromatic N) is 1. The van der Waals surface area contributed by atoms with Gasteiger partial charge in [-0.05, 0) is 18.3 Å². The number of hydrogen-bond acceptors (Lipinski definition) is 4. The number of rotatable bonds is 8. The number of imide groups is 1. The molecule has 1 saturated heterocycles. The molecule has 1 rings (SSSR count). The van der Waals surface area contributed by atoms with Gasteiger partial charge in [0.25, 0.3) is 5.91 Å². The second-order valence-electron chi connectivity index (χ2n) is 5.54. The topological polar surface area (TPSA) is 116 Å². The average molecular weight is 299 g/mol. The lowest BCUT2D eigenvalue weighted by Gasteiger charge is -2.18. The SMILES string of the molecule is CC(C)CC(CNC(=O)CN1C(=O)CNC1=O)CC(=O)O. The number of nitrogens with one attached hydrogen (secondary N) is 2. The third-order valence-electron chi connectivity index (χ3n) is 3.09. The van der Waals surface area contributed by atoms with Crippen molar-refractivity contribution in [2.75, 3.05) is 19.6 Å². The summed E-state index contributed by atoms with van der Waals surface area (Å²) in [7, 11) is 0. The predicted octanol–water partition coefficient (Wildman–Crippen LogP) is -0.209. The van der Waals surface area contributed by atoms with Gasteiger partial charge in [-0.2, -0.15) is 0 Å². The first-order valence-corrected chi connectivity index (χ1v) is 6.86. The summed E-state index contributed by atoms with van der Waals surface area (Å²) >= 11 is 0. The molecule has 0 spiro atoms. The number of carboxylic acid groups (broad SMARTS) is 1. The van der Waals surface area contributed by atoms with Gasteiger partial charge in [0.15, 0.2) is 0 Å².